The first-order valence-corrected chi connectivity index (χ1v) is 46.0. The molecule has 0 saturated carbocycles. The summed E-state index contributed by atoms with van der Waals surface area (Å²) in [7, 11) is 0. The maximum absolute atomic E-state index is 14.1. The molecule has 0 spiro atoms. The monoisotopic (exact) mass is 1810 g/mol. The Morgan fingerprint density at radius 3 is 1.22 bits per heavy atom. The minimum absolute atomic E-state index is 0.0859. The van der Waals surface area contributed by atoms with E-state index in [-0.39, 0.29) is 95.1 Å². The zero-order valence-electron chi connectivity index (χ0n) is 74.1. The Morgan fingerprint density at radius 2 is 0.822 bits per heavy atom. The van der Waals surface area contributed by atoms with Gasteiger partial charge in [0, 0.05) is 151 Å². The Hall–Kier alpha value is -11.7. The maximum atomic E-state index is 14.1. The van der Waals surface area contributed by atoms with Crippen molar-refractivity contribution in [1.29, 1.82) is 0 Å². The van der Waals surface area contributed by atoms with Gasteiger partial charge in [-0.25, -0.2) is 19.4 Å². The molecule has 4 amide bonds. The predicted molar refractivity (Wildman–Crippen MR) is 502 cm³/mol. The molecule has 21 rings (SSSR count). The Balaban J connectivity index is 0.000000126. The number of ether oxygens (including phenoxy) is 3. The zero-order chi connectivity index (χ0) is 90.1. The van der Waals surface area contributed by atoms with Crippen molar-refractivity contribution in [1.82, 2.24) is 88.7 Å². The molecular weight excluding hydrogens is 1700 g/mol. The number of imidazole rings is 1. The Morgan fingerprint density at radius 1 is 0.450 bits per heavy atom. The van der Waals surface area contributed by atoms with Gasteiger partial charge in [0.25, 0.3) is 5.91 Å². The van der Waals surface area contributed by atoms with E-state index >= 15 is 0 Å². The average molecular weight is 1810 g/mol. The average Bonchev–Trinajstić information content (AvgIpc) is 1.31. The van der Waals surface area contributed by atoms with Crippen LogP contribution in [0.3, 0.4) is 0 Å². The van der Waals surface area contributed by atoms with Gasteiger partial charge in [-0.05, 0) is 204 Å². The summed E-state index contributed by atoms with van der Waals surface area (Å²) in [4.78, 5) is 134. The fourth-order valence-corrected chi connectivity index (χ4v) is 22.2. The molecule has 15 heterocycles. The SMILES string of the molecule is C=CC(=O)N1C[C@H](C)N(c2nc(=O)n3c4c(c(-c5c(C)ccc6[nH]cnc56)c(Cl)cc24)OCC3CN2CCCC2)C[C@H]1C.C=CC(=O)N1C[C@H](C)N(c2nc(=O)n3c4c(c(-c5c(C)ccc6c5C(=O)NC6)c(Cl)cc24)OCC3CN2CCC2)C[C@H]1C.C=CC(=O)N1C[C@H](C)N(c2nc(=O)n3c4c(c(-c5c(C)ccc6n[nH]nc56)c(Cl)cc24)OCC3CN2CCCC2)C[C@H]1C. The van der Waals surface area contributed by atoms with Crippen molar-refractivity contribution in [3.63, 3.8) is 0 Å². The van der Waals surface area contributed by atoms with Crippen LogP contribution in [0.25, 0.3) is 88.2 Å². The number of rotatable bonds is 15. The van der Waals surface area contributed by atoms with Gasteiger partial charge in [-0.2, -0.15) is 30.4 Å². The number of carbonyl (C=O) groups is 4. The van der Waals surface area contributed by atoms with Crippen molar-refractivity contribution >= 4 is 131 Å². The number of nitrogens with zero attached hydrogens (tertiary/aromatic N) is 18. The van der Waals surface area contributed by atoms with Gasteiger partial charge in [-0.1, -0.05) is 78.8 Å². The van der Waals surface area contributed by atoms with Crippen molar-refractivity contribution < 1.29 is 33.4 Å². The quantitative estimate of drug-likeness (QED) is 0.0803. The number of aromatic nitrogens is 11. The van der Waals surface area contributed by atoms with E-state index in [2.05, 4.69) is 79.8 Å². The lowest BCUT2D eigenvalue weighted by molar-refractivity contribution is -0.129. The molecule has 10 aliphatic heterocycles. The number of likely N-dealkylation sites (tertiary alicyclic amines) is 3. The number of benzene rings is 6. The van der Waals surface area contributed by atoms with Crippen LogP contribution in [0, 0.1) is 20.8 Å². The van der Waals surface area contributed by atoms with E-state index in [4.69, 9.17) is 64.0 Å². The van der Waals surface area contributed by atoms with Gasteiger partial charge in [0.15, 0.2) is 17.2 Å². The summed E-state index contributed by atoms with van der Waals surface area (Å²) in [5, 5.41) is 18.1. The van der Waals surface area contributed by atoms with Gasteiger partial charge in [-0.15, -0.1) is 0 Å². The van der Waals surface area contributed by atoms with Gasteiger partial charge in [-0.3, -0.25) is 32.9 Å². The lowest BCUT2D eigenvalue weighted by Gasteiger charge is -2.45. The smallest absolute Gasteiger partial charge is 0.350 e. The molecule has 0 aliphatic carbocycles. The number of carbonyl (C=O) groups excluding carboxylic acids is 4. The van der Waals surface area contributed by atoms with Crippen LogP contribution in [0.15, 0.2) is 113 Å². The Kier molecular flexibility index (Phi) is 23.2. The number of nitrogens with one attached hydrogen (secondary N) is 3. The van der Waals surface area contributed by atoms with Crippen molar-refractivity contribution in [2.75, 3.05) is 133 Å². The summed E-state index contributed by atoms with van der Waals surface area (Å²) >= 11 is 21.5. The molecular formula is C95H106Cl3N21O10. The van der Waals surface area contributed by atoms with Gasteiger partial charge in [0.05, 0.1) is 72.7 Å². The van der Waals surface area contributed by atoms with Crippen molar-refractivity contribution in [2.24, 2.45) is 0 Å². The van der Waals surface area contributed by atoms with E-state index in [0.29, 0.717) is 178 Å². The zero-order valence-corrected chi connectivity index (χ0v) is 76.3. The van der Waals surface area contributed by atoms with Crippen LogP contribution in [-0.4, -0.2) is 261 Å². The molecule has 3 unspecified atom stereocenters. The van der Waals surface area contributed by atoms with E-state index in [0.717, 1.165) is 144 Å². The molecule has 0 radical (unpaired) electrons. The number of piperazine rings is 3. The van der Waals surface area contributed by atoms with Gasteiger partial charge in [0.2, 0.25) is 17.7 Å². The highest BCUT2D eigenvalue weighted by Crippen LogP contribution is 2.54. The van der Waals surface area contributed by atoms with Gasteiger partial charge >= 0.3 is 17.1 Å². The number of amides is 4. The Bertz CT molecular complexity index is 6400. The molecule has 129 heavy (non-hydrogen) atoms. The second-order valence-electron chi connectivity index (χ2n) is 36.3. The predicted octanol–water partition coefficient (Wildman–Crippen LogP) is 12.0. The largest absolute Gasteiger partial charge is 0.488 e. The third-order valence-corrected chi connectivity index (χ3v) is 28.9. The molecule has 9 atom stereocenters. The molecule has 0 bridgehead atoms. The first-order chi connectivity index (χ1) is 62.2. The van der Waals surface area contributed by atoms with Gasteiger partial charge < -0.3 is 68.6 Å². The summed E-state index contributed by atoms with van der Waals surface area (Å²) in [5.74, 6) is 2.82. The molecule has 6 saturated heterocycles. The highest BCUT2D eigenvalue weighted by atomic mass is 35.5. The summed E-state index contributed by atoms with van der Waals surface area (Å²) in [6, 6.07) is 16.4. The van der Waals surface area contributed by atoms with Crippen LogP contribution in [0.2, 0.25) is 15.1 Å². The fourth-order valence-electron chi connectivity index (χ4n) is 21.4. The number of H-pyrrole nitrogens is 2. The standard InChI is InChI=1S/C32H36ClN7O3.C32H35ClN6O4.C31H35ClN8O3/c1-5-25(41)38-13-20(4)39(14-19(38)3)31-22-12-23(33)27(26-18(2)8-9-24-28(26)35-17-34-24)30-29(22)40(32(42)36-31)21(16-43-30)15-37-10-6-7-11-37;1-5-24(40)37-13-19(4)38(14-18(37)3)30-22-11-23(33)27(25-17(2)7-8-20-12-34-31(41)26(20)25)29-28(22)39(32(42)35-30)21(16-43-29)15-36-9-6-10-36;1-5-24(41)38-13-19(4)39(14-18(38)3)30-21-12-22(32)26(25-17(2)8-9-23-27(25)35-36-34-23)29-28(21)40(31(42)33-30)20(16-43-29)15-37-10-6-7-11-37/h5,8-9,12,17,19-21H,1,6-7,10-11,13-16H2,2-4H3,(H,34,35);5,7-8,11,18-19,21H,1,6,9-10,12-16H2,2-4H3,(H,34,41);5,8-9,12,18-20H,1,6-7,10-11,13-16H2,2-4H3,(H,34,35,36)/t19-,20+,21?;18-,19+,21?;18-,19+,20?/m111/s1. The highest BCUT2D eigenvalue weighted by Gasteiger charge is 2.44. The molecule has 10 aliphatic rings. The molecule has 6 fully saturated rings. The normalized spacial score (nSPS) is 22.6. The van der Waals surface area contributed by atoms with Crippen LogP contribution in [-0.2, 0) is 20.9 Å². The molecule has 672 valence electrons. The van der Waals surface area contributed by atoms with E-state index in [1.165, 1.54) is 18.2 Å². The molecule has 31 nitrogen and oxygen atoms in total. The van der Waals surface area contributed by atoms with E-state index in [1.54, 1.807) is 15.8 Å². The lowest BCUT2D eigenvalue weighted by Crippen LogP contribution is -2.58. The van der Waals surface area contributed by atoms with Crippen LogP contribution in [0.4, 0.5) is 17.5 Å². The minimum Gasteiger partial charge on any atom is -0.488 e. The third kappa shape index (κ3) is 15.1. The molecule has 5 aromatic heterocycles. The number of fused-ring (bicyclic) bond motifs is 3. The fraction of sp³-hybridized carbons (Fsp3) is 0.442. The summed E-state index contributed by atoms with van der Waals surface area (Å²) < 4.78 is 25.3. The van der Waals surface area contributed by atoms with E-state index in [9.17, 15) is 33.6 Å². The maximum Gasteiger partial charge on any atom is 0.350 e. The second kappa shape index (κ2) is 34.6. The second-order valence-corrected chi connectivity index (χ2v) is 37.5. The molecule has 11 aromatic rings. The topological polar surface area (TPSA) is 312 Å². The molecule has 3 N–H and O–H groups in total. The summed E-state index contributed by atoms with van der Waals surface area (Å²) in [5.41, 5.74) is 13.0. The van der Waals surface area contributed by atoms with Gasteiger partial charge in [0.1, 0.15) is 48.3 Å². The first-order valence-electron chi connectivity index (χ1n) is 44.9. The number of anilines is 3. The van der Waals surface area contributed by atoms with Crippen LogP contribution in [0.1, 0.15) is 124 Å². The Labute approximate surface area is 760 Å². The lowest BCUT2D eigenvalue weighted by atomic mass is 9.90. The van der Waals surface area contributed by atoms with Crippen LogP contribution < -0.4 is 51.3 Å². The van der Waals surface area contributed by atoms with E-state index < -0.39 is 0 Å². The minimum atomic E-state index is -0.344. The summed E-state index contributed by atoms with van der Waals surface area (Å²) in [6.45, 7) is 41.6. The number of aryl methyl sites for hydroxylation is 3. The van der Waals surface area contributed by atoms with Crippen LogP contribution in [0.5, 0.6) is 17.2 Å². The van der Waals surface area contributed by atoms with Crippen molar-refractivity contribution in [3.8, 4) is 50.6 Å². The summed E-state index contributed by atoms with van der Waals surface area (Å²) in [6.07, 6.45) is 11.5. The highest BCUT2D eigenvalue weighted by molar-refractivity contribution is 6.37. The molecule has 6 aromatic carbocycles. The van der Waals surface area contributed by atoms with E-state index in [1.807, 2.05) is 136 Å². The number of halogens is 3. The molecule has 34 heteroatoms. The first kappa shape index (κ1) is 86.6. The number of aromatic amines is 2. The third-order valence-electron chi connectivity index (χ3n) is 28.0. The van der Waals surface area contributed by atoms with Crippen molar-refractivity contribution in [2.45, 2.75) is 155 Å². The number of hydrogen-bond donors (Lipinski definition) is 3. The van der Waals surface area contributed by atoms with Crippen molar-refractivity contribution in [3.05, 3.63) is 173 Å². The van der Waals surface area contributed by atoms with Crippen LogP contribution >= 0.6 is 34.8 Å². The number of hydrogen-bond acceptors (Lipinski definition) is 22.